The number of piperidine rings is 1. The van der Waals surface area contributed by atoms with Crippen LogP contribution < -0.4 is 10.5 Å². The Balaban J connectivity index is 1.69. The Morgan fingerprint density at radius 3 is 2.81 bits per heavy atom. The van der Waals surface area contributed by atoms with E-state index in [1.165, 1.54) is 17.2 Å². The van der Waals surface area contributed by atoms with E-state index in [4.69, 9.17) is 0 Å². The average molecular weight is 366 g/mol. The highest BCUT2D eigenvalue weighted by Gasteiger charge is 2.39. The van der Waals surface area contributed by atoms with Crippen LogP contribution in [0.4, 0.5) is 11.5 Å². The van der Waals surface area contributed by atoms with Gasteiger partial charge in [-0.2, -0.15) is 5.10 Å². The highest BCUT2D eigenvalue weighted by atomic mass is 16.2. The number of benzene rings is 1. The summed E-state index contributed by atoms with van der Waals surface area (Å²) < 4.78 is 1.33. The summed E-state index contributed by atoms with van der Waals surface area (Å²) >= 11 is 0. The molecule has 0 aliphatic carbocycles. The van der Waals surface area contributed by atoms with Crippen LogP contribution in [0.5, 0.6) is 0 Å². The standard InChI is InChI=1S/C21H26N4O2/c1-3-15-7-6-12-24(14-15)21(27)18-13-16-8-4-5-9-17(16)25(18)19-10-11-20(26)23(2)22-19/h4-5,8-11,15,18H,3,6-7,12-14H2,1-2H3. The molecular weight excluding hydrogens is 340 g/mol. The molecule has 6 nitrogen and oxygen atoms in total. The zero-order chi connectivity index (χ0) is 19.0. The number of hydrogen-bond donors (Lipinski definition) is 0. The molecule has 0 radical (unpaired) electrons. The van der Waals surface area contributed by atoms with Crippen molar-refractivity contribution in [2.45, 2.75) is 38.6 Å². The molecule has 0 N–H and O–H groups in total. The number of hydrogen-bond acceptors (Lipinski definition) is 4. The maximum Gasteiger partial charge on any atom is 0.266 e. The van der Waals surface area contributed by atoms with Crippen LogP contribution in [-0.2, 0) is 18.3 Å². The fraction of sp³-hybridized carbons (Fsp3) is 0.476. The van der Waals surface area contributed by atoms with Gasteiger partial charge >= 0.3 is 0 Å². The number of carbonyl (C=O) groups is 1. The molecular formula is C21H26N4O2. The molecule has 27 heavy (non-hydrogen) atoms. The Bertz CT molecular complexity index is 907. The molecule has 142 valence electrons. The predicted octanol–water partition coefficient (Wildman–Crippen LogP) is 2.49. The summed E-state index contributed by atoms with van der Waals surface area (Å²) in [4.78, 5) is 29.3. The SMILES string of the molecule is CCC1CCCN(C(=O)C2Cc3ccccc3N2c2ccc(=O)n(C)n2)C1. The van der Waals surface area contributed by atoms with Gasteiger partial charge < -0.3 is 9.80 Å². The van der Waals surface area contributed by atoms with Crippen LogP contribution in [0.1, 0.15) is 31.7 Å². The van der Waals surface area contributed by atoms with E-state index >= 15 is 0 Å². The monoisotopic (exact) mass is 366 g/mol. The zero-order valence-corrected chi connectivity index (χ0v) is 16.0. The number of carbonyl (C=O) groups excluding carboxylic acids is 1. The summed E-state index contributed by atoms with van der Waals surface area (Å²) in [5.41, 5.74) is 2.00. The molecule has 1 aromatic heterocycles. The number of anilines is 2. The minimum Gasteiger partial charge on any atom is -0.341 e. The topological polar surface area (TPSA) is 58.4 Å². The lowest BCUT2D eigenvalue weighted by molar-refractivity contribution is -0.134. The van der Waals surface area contributed by atoms with E-state index in [2.05, 4.69) is 18.1 Å². The van der Waals surface area contributed by atoms with Crippen LogP contribution in [0.2, 0.25) is 0 Å². The van der Waals surface area contributed by atoms with E-state index < -0.39 is 0 Å². The third-order valence-corrected chi connectivity index (χ3v) is 5.86. The van der Waals surface area contributed by atoms with Crippen LogP contribution >= 0.6 is 0 Å². The lowest BCUT2D eigenvalue weighted by Gasteiger charge is -2.36. The summed E-state index contributed by atoms with van der Waals surface area (Å²) in [6.07, 6.45) is 4.06. The summed E-state index contributed by atoms with van der Waals surface area (Å²) in [5.74, 6) is 1.40. The van der Waals surface area contributed by atoms with Crippen molar-refractivity contribution in [1.82, 2.24) is 14.7 Å². The van der Waals surface area contributed by atoms with Crippen molar-refractivity contribution in [3.05, 3.63) is 52.3 Å². The van der Waals surface area contributed by atoms with Gasteiger partial charge in [0.25, 0.3) is 5.56 Å². The minimum atomic E-state index is -0.303. The first-order valence-corrected chi connectivity index (χ1v) is 9.78. The van der Waals surface area contributed by atoms with Crippen molar-refractivity contribution in [1.29, 1.82) is 0 Å². The fourth-order valence-electron chi connectivity index (χ4n) is 4.29. The largest absolute Gasteiger partial charge is 0.341 e. The molecule has 6 heteroatoms. The van der Waals surface area contributed by atoms with Crippen LogP contribution in [0.25, 0.3) is 0 Å². The van der Waals surface area contributed by atoms with E-state index in [0.29, 0.717) is 18.2 Å². The van der Waals surface area contributed by atoms with Gasteiger partial charge in [0.15, 0.2) is 5.82 Å². The third-order valence-electron chi connectivity index (χ3n) is 5.86. The summed E-state index contributed by atoms with van der Waals surface area (Å²) in [6, 6.07) is 11.0. The van der Waals surface area contributed by atoms with Crippen molar-refractivity contribution < 1.29 is 4.79 Å². The predicted molar refractivity (Wildman–Crippen MR) is 105 cm³/mol. The van der Waals surface area contributed by atoms with Gasteiger partial charge in [0.1, 0.15) is 6.04 Å². The van der Waals surface area contributed by atoms with E-state index in [0.717, 1.165) is 37.2 Å². The Labute approximate surface area is 159 Å². The Morgan fingerprint density at radius 2 is 2.04 bits per heavy atom. The summed E-state index contributed by atoms with van der Waals surface area (Å²) in [7, 11) is 1.64. The summed E-state index contributed by atoms with van der Waals surface area (Å²) in [5, 5.41) is 4.42. The molecule has 1 aromatic carbocycles. The van der Waals surface area contributed by atoms with Gasteiger partial charge in [-0.25, -0.2) is 4.68 Å². The lowest BCUT2D eigenvalue weighted by Crippen LogP contribution is -2.49. The van der Waals surface area contributed by atoms with Crippen molar-refractivity contribution in [3.63, 3.8) is 0 Å². The molecule has 2 aliphatic heterocycles. The molecule has 2 aromatic rings. The molecule has 3 heterocycles. The van der Waals surface area contributed by atoms with Gasteiger partial charge in [0.05, 0.1) is 0 Å². The molecule has 0 bridgehead atoms. The number of fused-ring (bicyclic) bond motifs is 1. The van der Waals surface area contributed by atoms with Crippen molar-refractivity contribution in [3.8, 4) is 0 Å². The maximum atomic E-state index is 13.5. The van der Waals surface area contributed by atoms with Gasteiger partial charge in [0.2, 0.25) is 5.91 Å². The second-order valence-electron chi connectivity index (χ2n) is 7.57. The first kappa shape index (κ1) is 17.8. The second kappa shape index (κ2) is 7.18. The van der Waals surface area contributed by atoms with Gasteiger partial charge in [-0.3, -0.25) is 9.59 Å². The molecule has 4 rings (SSSR count). The number of nitrogens with zero attached hydrogens (tertiary/aromatic N) is 4. The Kier molecular flexibility index (Phi) is 4.72. The lowest BCUT2D eigenvalue weighted by atomic mass is 9.95. The quantitative estimate of drug-likeness (QED) is 0.837. The molecule has 1 amide bonds. The van der Waals surface area contributed by atoms with Crippen molar-refractivity contribution >= 4 is 17.4 Å². The highest BCUT2D eigenvalue weighted by molar-refractivity contribution is 5.91. The summed E-state index contributed by atoms with van der Waals surface area (Å²) in [6.45, 7) is 3.87. The maximum absolute atomic E-state index is 13.5. The minimum absolute atomic E-state index is 0.157. The van der Waals surface area contributed by atoms with Gasteiger partial charge in [0, 0.05) is 38.3 Å². The van der Waals surface area contributed by atoms with E-state index in [-0.39, 0.29) is 17.5 Å². The van der Waals surface area contributed by atoms with Crippen LogP contribution in [0.3, 0.4) is 0 Å². The molecule has 2 unspecified atom stereocenters. The first-order chi connectivity index (χ1) is 13.1. The molecule has 0 saturated carbocycles. The Hall–Kier alpha value is -2.63. The number of likely N-dealkylation sites (tertiary alicyclic amines) is 1. The molecule has 2 atom stereocenters. The zero-order valence-electron chi connectivity index (χ0n) is 16.0. The number of aromatic nitrogens is 2. The van der Waals surface area contributed by atoms with Crippen molar-refractivity contribution in [2.24, 2.45) is 13.0 Å². The van der Waals surface area contributed by atoms with Crippen molar-refractivity contribution in [2.75, 3.05) is 18.0 Å². The first-order valence-electron chi connectivity index (χ1n) is 9.78. The highest BCUT2D eigenvalue weighted by Crippen LogP contribution is 2.38. The smallest absolute Gasteiger partial charge is 0.266 e. The average Bonchev–Trinajstić information content (AvgIpc) is 3.09. The van der Waals surface area contributed by atoms with Gasteiger partial charge in [-0.15, -0.1) is 0 Å². The molecule has 2 aliphatic rings. The van der Waals surface area contributed by atoms with Crippen LogP contribution in [0.15, 0.2) is 41.2 Å². The van der Waals surface area contributed by atoms with E-state index in [1.807, 2.05) is 28.0 Å². The van der Waals surface area contributed by atoms with E-state index in [1.54, 1.807) is 13.1 Å². The van der Waals surface area contributed by atoms with E-state index in [9.17, 15) is 9.59 Å². The van der Waals surface area contributed by atoms with Crippen LogP contribution in [-0.4, -0.2) is 39.7 Å². The van der Waals surface area contributed by atoms with Gasteiger partial charge in [-0.05, 0) is 36.5 Å². The third kappa shape index (κ3) is 3.24. The second-order valence-corrected chi connectivity index (χ2v) is 7.57. The molecule has 0 spiro atoms. The Morgan fingerprint density at radius 1 is 1.22 bits per heavy atom. The number of para-hydroxylation sites is 1. The number of amides is 1. The van der Waals surface area contributed by atoms with Crippen LogP contribution in [0, 0.1) is 5.92 Å². The number of rotatable bonds is 3. The number of aryl methyl sites for hydroxylation is 1. The van der Waals surface area contributed by atoms with Gasteiger partial charge in [-0.1, -0.05) is 31.5 Å². The normalized spacial score (nSPS) is 22.0. The fourth-order valence-corrected chi connectivity index (χ4v) is 4.29. The molecule has 1 saturated heterocycles. The molecule has 1 fully saturated rings.